The van der Waals surface area contributed by atoms with Gasteiger partial charge in [0.05, 0.1) is 12.2 Å². The van der Waals surface area contributed by atoms with Crippen molar-refractivity contribution >= 4 is 17.5 Å². The van der Waals surface area contributed by atoms with Crippen LogP contribution in [-0.4, -0.2) is 12.5 Å². The second-order valence-corrected chi connectivity index (χ2v) is 3.40. The number of hydrazine groups is 1. The number of nitrogens with two attached hydrogens (primary N) is 1. The zero-order valence-corrected chi connectivity index (χ0v) is 9.17. The van der Waals surface area contributed by atoms with Gasteiger partial charge in [0.2, 0.25) is 0 Å². The van der Waals surface area contributed by atoms with Gasteiger partial charge in [0.25, 0.3) is 5.91 Å². The zero-order chi connectivity index (χ0) is 11.3. The van der Waals surface area contributed by atoms with Crippen LogP contribution in [-0.2, 0) is 0 Å². The monoisotopic (exact) mass is 228 g/mol. The quantitative estimate of drug-likeness (QED) is 0.469. The predicted octanol–water partition coefficient (Wildman–Crippen LogP) is 1.73. The van der Waals surface area contributed by atoms with Crippen molar-refractivity contribution in [1.82, 2.24) is 5.43 Å². The lowest BCUT2D eigenvalue weighted by atomic mass is 10.2. The summed E-state index contributed by atoms with van der Waals surface area (Å²) >= 11 is 5.78. The molecule has 0 radical (unpaired) electrons. The van der Waals surface area contributed by atoms with Crippen LogP contribution >= 0.6 is 11.6 Å². The first-order valence-electron chi connectivity index (χ1n) is 4.62. The van der Waals surface area contributed by atoms with Gasteiger partial charge in [0.1, 0.15) is 5.75 Å². The van der Waals surface area contributed by atoms with Gasteiger partial charge in [-0.1, -0.05) is 18.5 Å². The lowest BCUT2D eigenvalue weighted by molar-refractivity contribution is 0.0949. The first-order chi connectivity index (χ1) is 7.19. The smallest absolute Gasteiger partial charge is 0.268 e. The molecule has 0 unspecified atom stereocenters. The fourth-order valence-corrected chi connectivity index (χ4v) is 1.27. The van der Waals surface area contributed by atoms with E-state index in [4.69, 9.17) is 22.2 Å². The van der Waals surface area contributed by atoms with Crippen molar-refractivity contribution in [2.75, 3.05) is 6.61 Å². The predicted molar refractivity (Wildman–Crippen MR) is 58.9 cm³/mol. The van der Waals surface area contributed by atoms with Crippen LogP contribution in [0.15, 0.2) is 18.2 Å². The number of benzene rings is 1. The molecule has 0 aliphatic rings. The van der Waals surface area contributed by atoms with E-state index in [9.17, 15) is 4.79 Å². The van der Waals surface area contributed by atoms with Gasteiger partial charge in [-0.05, 0) is 24.6 Å². The molecular formula is C10H13ClN2O2. The highest BCUT2D eigenvalue weighted by Gasteiger charge is 2.11. The van der Waals surface area contributed by atoms with Crippen LogP contribution in [0.5, 0.6) is 5.75 Å². The number of nitrogen functional groups attached to an aromatic ring is 1. The highest BCUT2D eigenvalue weighted by molar-refractivity contribution is 6.31. The Morgan fingerprint density at radius 1 is 1.60 bits per heavy atom. The topological polar surface area (TPSA) is 64.3 Å². The molecule has 0 bridgehead atoms. The molecule has 15 heavy (non-hydrogen) atoms. The van der Waals surface area contributed by atoms with E-state index in [1.807, 2.05) is 12.3 Å². The molecule has 1 aromatic rings. The Balaban J connectivity index is 2.97. The molecule has 0 atom stereocenters. The summed E-state index contributed by atoms with van der Waals surface area (Å²) in [6.07, 6.45) is 0.867. The van der Waals surface area contributed by atoms with Gasteiger partial charge in [-0.15, -0.1) is 0 Å². The van der Waals surface area contributed by atoms with Crippen LogP contribution in [0.3, 0.4) is 0 Å². The second-order valence-electron chi connectivity index (χ2n) is 2.96. The third-order valence-electron chi connectivity index (χ3n) is 1.78. The minimum Gasteiger partial charge on any atom is -0.493 e. The molecular weight excluding hydrogens is 216 g/mol. The molecule has 82 valence electrons. The summed E-state index contributed by atoms with van der Waals surface area (Å²) in [6.45, 7) is 2.53. The summed E-state index contributed by atoms with van der Waals surface area (Å²) in [5.74, 6) is 5.13. The number of halogens is 1. The zero-order valence-electron chi connectivity index (χ0n) is 8.42. The van der Waals surface area contributed by atoms with Crippen molar-refractivity contribution in [3.8, 4) is 5.75 Å². The summed E-state index contributed by atoms with van der Waals surface area (Å²) in [4.78, 5) is 11.4. The lowest BCUT2D eigenvalue weighted by Crippen LogP contribution is -2.30. The molecule has 0 heterocycles. The van der Waals surface area contributed by atoms with E-state index in [0.29, 0.717) is 22.9 Å². The lowest BCUT2D eigenvalue weighted by Gasteiger charge is -2.09. The van der Waals surface area contributed by atoms with Crippen LogP contribution in [0.25, 0.3) is 0 Å². The summed E-state index contributed by atoms with van der Waals surface area (Å²) in [5.41, 5.74) is 2.39. The summed E-state index contributed by atoms with van der Waals surface area (Å²) in [6, 6.07) is 4.84. The average Bonchev–Trinajstić information content (AvgIpc) is 2.26. The first-order valence-corrected chi connectivity index (χ1v) is 5.00. The summed E-state index contributed by atoms with van der Waals surface area (Å²) < 4.78 is 5.39. The Labute approximate surface area is 93.3 Å². The maximum atomic E-state index is 11.4. The van der Waals surface area contributed by atoms with Crippen molar-refractivity contribution in [3.63, 3.8) is 0 Å². The van der Waals surface area contributed by atoms with Crippen molar-refractivity contribution in [1.29, 1.82) is 0 Å². The average molecular weight is 229 g/mol. The third-order valence-corrected chi connectivity index (χ3v) is 2.01. The van der Waals surface area contributed by atoms with E-state index in [0.717, 1.165) is 6.42 Å². The largest absolute Gasteiger partial charge is 0.493 e. The maximum Gasteiger partial charge on any atom is 0.268 e. The molecule has 3 N–H and O–H groups in total. The highest BCUT2D eigenvalue weighted by Crippen LogP contribution is 2.22. The van der Waals surface area contributed by atoms with E-state index < -0.39 is 5.91 Å². The van der Waals surface area contributed by atoms with Crippen LogP contribution in [0, 0.1) is 0 Å². The second kappa shape index (κ2) is 5.58. The van der Waals surface area contributed by atoms with Gasteiger partial charge in [0.15, 0.2) is 0 Å². The number of hydrogen-bond acceptors (Lipinski definition) is 3. The summed E-state index contributed by atoms with van der Waals surface area (Å²) in [7, 11) is 0. The van der Waals surface area contributed by atoms with Crippen molar-refractivity contribution < 1.29 is 9.53 Å². The van der Waals surface area contributed by atoms with Crippen LogP contribution < -0.4 is 16.0 Å². The van der Waals surface area contributed by atoms with Crippen molar-refractivity contribution in [2.24, 2.45) is 5.84 Å². The molecule has 1 rings (SSSR count). The van der Waals surface area contributed by atoms with Crippen LogP contribution in [0.2, 0.25) is 5.02 Å². The Bertz CT molecular complexity index is 355. The molecule has 5 heteroatoms. The fraction of sp³-hybridized carbons (Fsp3) is 0.300. The molecule has 1 amide bonds. The van der Waals surface area contributed by atoms with Crippen molar-refractivity contribution in [3.05, 3.63) is 28.8 Å². The third kappa shape index (κ3) is 3.11. The summed E-state index contributed by atoms with van der Waals surface area (Å²) in [5, 5.41) is 0.470. The van der Waals surface area contributed by atoms with Crippen LogP contribution in [0.4, 0.5) is 0 Å². The minimum absolute atomic E-state index is 0.346. The number of rotatable bonds is 4. The normalized spacial score (nSPS) is 9.80. The molecule has 1 aromatic carbocycles. The van der Waals surface area contributed by atoms with Crippen LogP contribution in [0.1, 0.15) is 23.7 Å². The van der Waals surface area contributed by atoms with Gasteiger partial charge in [-0.3, -0.25) is 10.2 Å². The number of carbonyl (C=O) groups is 1. The molecule has 0 fully saturated rings. The van der Waals surface area contributed by atoms with E-state index in [2.05, 4.69) is 0 Å². The number of amides is 1. The Morgan fingerprint density at radius 3 is 2.93 bits per heavy atom. The SMILES string of the molecule is CCCOc1ccc(Cl)cc1C(=O)NN. The first kappa shape index (κ1) is 11.8. The van der Waals surface area contributed by atoms with E-state index >= 15 is 0 Å². The van der Waals surface area contributed by atoms with Gasteiger partial charge in [-0.2, -0.15) is 0 Å². The number of hydrogen-bond donors (Lipinski definition) is 2. The molecule has 0 aliphatic heterocycles. The molecule has 4 nitrogen and oxygen atoms in total. The molecule has 0 spiro atoms. The number of carbonyl (C=O) groups excluding carboxylic acids is 1. The number of nitrogens with one attached hydrogen (secondary N) is 1. The maximum absolute atomic E-state index is 11.4. The Hall–Kier alpha value is -1.26. The van der Waals surface area contributed by atoms with E-state index in [-0.39, 0.29) is 0 Å². The fourth-order valence-electron chi connectivity index (χ4n) is 1.10. The molecule has 0 aliphatic carbocycles. The Kier molecular flexibility index (Phi) is 4.39. The Morgan fingerprint density at radius 2 is 2.33 bits per heavy atom. The molecule has 0 saturated heterocycles. The highest BCUT2D eigenvalue weighted by atomic mass is 35.5. The van der Waals surface area contributed by atoms with Gasteiger partial charge >= 0.3 is 0 Å². The van der Waals surface area contributed by atoms with Gasteiger partial charge in [0, 0.05) is 5.02 Å². The standard InChI is InChI=1S/C10H13ClN2O2/c1-2-5-15-9-4-3-7(11)6-8(9)10(14)13-12/h3-4,6H,2,5,12H2,1H3,(H,13,14). The van der Waals surface area contributed by atoms with E-state index in [1.165, 1.54) is 6.07 Å². The number of ether oxygens (including phenoxy) is 1. The molecule has 0 saturated carbocycles. The van der Waals surface area contributed by atoms with Crippen molar-refractivity contribution in [2.45, 2.75) is 13.3 Å². The van der Waals surface area contributed by atoms with Gasteiger partial charge < -0.3 is 4.74 Å². The van der Waals surface area contributed by atoms with E-state index in [1.54, 1.807) is 12.1 Å². The molecule has 0 aromatic heterocycles. The van der Waals surface area contributed by atoms with Gasteiger partial charge in [-0.25, -0.2) is 5.84 Å². The minimum atomic E-state index is -0.413.